The van der Waals surface area contributed by atoms with E-state index in [1.165, 1.54) is 13.8 Å². The van der Waals surface area contributed by atoms with E-state index in [0.29, 0.717) is 17.0 Å². The van der Waals surface area contributed by atoms with Crippen molar-refractivity contribution in [3.63, 3.8) is 0 Å². The molecule has 0 aliphatic carbocycles. The third-order valence-electron chi connectivity index (χ3n) is 3.95. The molecule has 2 aromatic rings. The predicted molar refractivity (Wildman–Crippen MR) is 102 cm³/mol. The Morgan fingerprint density at radius 3 is 2.33 bits per heavy atom. The summed E-state index contributed by atoms with van der Waals surface area (Å²) in [4.78, 5) is 35.4. The van der Waals surface area contributed by atoms with Crippen molar-refractivity contribution in [3.05, 3.63) is 59.2 Å². The molecule has 0 saturated heterocycles. The summed E-state index contributed by atoms with van der Waals surface area (Å²) in [6.45, 7) is 6.45. The molecule has 0 radical (unpaired) electrons. The Morgan fingerprint density at radius 2 is 1.70 bits per heavy atom. The topological polar surface area (TPSA) is 81.7 Å². The number of carbonyl (C=O) groups excluding carboxylic acids is 3. The molecule has 0 unspecified atom stereocenters. The van der Waals surface area contributed by atoms with Gasteiger partial charge in [-0.15, -0.1) is 0 Å². The molecule has 0 bridgehead atoms. The van der Waals surface area contributed by atoms with E-state index in [4.69, 9.17) is 9.47 Å². The van der Waals surface area contributed by atoms with Crippen LogP contribution in [-0.4, -0.2) is 30.4 Å². The van der Waals surface area contributed by atoms with Crippen LogP contribution in [0, 0.1) is 13.8 Å². The largest absolute Gasteiger partial charge is 0.482 e. The molecular formula is C21H23NO5. The van der Waals surface area contributed by atoms with Gasteiger partial charge in [0.05, 0.1) is 0 Å². The first-order valence-corrected chi connectivity index (χ1v) is 8.57. The minimum atomic E-state index is -0.957. The fourth-order valence-corrected chi connectivity index (χ4v) is 2.32. The zero-order chi connectivity index (χ0) is 20.0. The van der Waals surface area contributed by atoms with E-state index in [1.807, 2.05) is 32.0 Å². The molecule has 2 aromatic carbocycles. The van der Waals surface area contributed by atoms with Crippen LogP contribution in [0.15, 0.2) is 42.5 Å². The maximum atomic E-state index is 12.2. The summed E-state index contributed by atoms with van der Waals surface area (Å²) in [5.74, 6) is -0.689. The highest BCUT2D eigenvalue weighted by atomic mass is 16.6. The average molecular weight is 369 g/mol. The van der Waals surface area contributed by atoms with Gasteiger partial charge >= 0.3 is 5.97 Å². The van der Waals surface area contributed by atoms with Crippen molar-refractivity contribution < 1.29 is 23.9 Å². The number of Topliss-reactive ketones (excluding diaryl/α,β-unsaturated/α-hetero) is 1. The van der Waals surface area contributed by atoms with Crippen LogP contribution in [0.3, 0.4) is 0 Å². The number of carbonyl (C=O) groups is 3. The number of ether oxygens (including phenoxy) is 2. The van der Waals surface area contributed by atoms with Gasteiger partial charge in [0.25, 0.3) is 5.91 Å². The van der Waals surface area contributed by atoms with Crippen molar-refractivity contribution in [3.8, 4) is 5.75 Å². The van der Waals surface area contributed by atoms with Crippen LogP contribution in [0.5, 0.6) is 5.75 Å². The molecule has 27 heavy (non-hydrogen) atoms. The van der Waals surface area contributed by atoms with Crippen molar-refractivity contribution in [2.75, 3.05) is 11.9 Å². The van der Waals surface area contributed by atoms with Gasteiger partial charge in [0.1, 0.15) is 5.75 Å². The highest BCUT2D eigenvalue weighted by molar-refractivity contribution is 5.96. The third-order valence-corrected chi connectivity index (χ3v) is 3.95. The Hall–Kier alpha value is -3.15. The van der Waals surface area contributed by atoms with Gasteiger partial charge in [-0.3, -0.25) is 9.59 Å². The third kappa shape index (κ3) is 5.95. The number of esters is 1. The number of hydrogen-bond acceptors (Lipinski definition) is 5. The summed E-state index contributed by atoms with van der Waals surface area (Å²) < 4.78 is 10.4. The summed E-state index contributed by atoms with van der Waals surface area (Å²) in [6, 6.07) is 12.1. The van der Waals surface area contributed by atoms with Crippen LogP contribution >= 0.6 is 0 Å². The van der Waals surface area contributed by atoms with E-state index in [9.17, 15) is 14.4 Å². The number of hydrogen-bond donors (Lipinski definition) is 1. The average Bonchev–Trinajstić information content (AvgIpc) is 2.63. The maximum absolute atomic E-state index is 12.2. The lowest BCUT2D eigenvalue weighted by molar-refractivity contribution is -0.155. The van der Waals surface area contributed by atoms with Gasteiger partial charge in [0, 0.05) is 11.3 Å². The molecule has 6 nitrogen and oxygen atoms in total. The summed E-state index contributed by atoms with van der Waals surface area (Å²) in [5.41, 5.74) is 3.18. The molecule has 0 fully saturated rings. The first kappa shape index (κ1) is 20.2. The van der Waals surface area contributed by atoms with E-state index >= 15 is 0 Å². The normalized spacial score (nSPS) is 11.4. The molecule has 6 heteroatoms. The number of ketones is 1. The SMILES string of the molecule is CC(=O)c1ccc(OCC(=O)O[C@@H](C)C(=O)Nc2cc(C)ccc2C)cc1. The molecule has 0 aromatic heterocycles. The van der Waals surface area contributed by atoms with Crippen LogP contribution in [0.4, 0.5) is 5.69 Å². The van der Waals surface area contributed by atoms with Gasteiger partial charge < -0.3 is 14.8 Å². The lowest BCUT2D eigenvalue weighted by Crippen LogP contribution is -2.31. The summed E-state index contributed by atoms with van der Waals surface area (Å²) in [7, 11) is 0. The van der Waals surface area contributed by atoms with Crippen LogP contribution in [0.25, 0.3) is 0 Å². The van der Waals surface area contributed by atoms with Crippen molar-refractivity contribution in [1.29, 1.82) is 0 Å². The summed E-state index contributed by atoms with van der Waals surface area (Å²) in [6.07, 6.45) is -0.957. The van der Waals surface area contributed by atoms with Gasteiger partial charge in [0.15, 0.2) is 18.5 Å². The fraction of sp³-hybridized carbons (Fsp3) is 0.286. The minimum Gasteiger partial charge on any atom is -0.482 e. The number of anilines is 1. The van der Waals surface area contributed by atoms with Crippen molar-refractivity contribution in [2.45, 2.75) is 33.8 Å². The number of rotatable bonds is 7. The Bertz CT molecular complexity index is 842. The molecule has 0 heterocycles. The fourth-order valence-electron chi connectivity index (χ4n) is 2.32. The van der Waals surface area contributed by atoms with Crippen LogP contribution in [0.2, 0.25) is 0 Å². The second-order valence-electron chi connectivity index (χ2n) is 6.31. The summed E-state index contributed by atoms with van der Waals surface area (Å²) >= 11 is 0. The van der Waals surface area contributed by atoms with Crippen LogP contribution in [-0.2, 0) is 14.3 Å². The molecule has 0 aliphatic rings. The van der Waals surface area contributed by atoms with E-state index in [-0.39, 0.29) is 12.4 Å². The summed E-state index contributed by atoms with van der Waals surface area (Å²) in [5, 5.41) is 2.76. The lowest BCUT2D eigenvalue weighted by Gasteiger charge is -2.15. The van der Waals surface area contributed by atoms with Gasteiger partial charge in [-0.2, -0.15) is 0 Å². The van der Waals surface area contributed by atoms with E-state index < -0.39 is 18.0 Å². The molecule has 1 atom stereocenters. The predicted octanol–water partition coefficient (Wildman–Crippen LogP) is 3.46. The van der Waals surface area contributed by atoms with Crippen molar-refractivity contribution in [2.24, 2.45) is 0 Å². The zero-order valence-corrected chi connectivity index (χ0v) is 15.9. The number of aryl methyl sites for hydroxylation is 2. The molecule has 2 rings (SSSR count). The molecular weight excluding hydrogens is 346 g/mol. The second-order valence-corrected chi connectivity index (χ2v) is 6.31. The van der Waals surface area contributed by atoms with Crippen LogP contribution < -0.4 is 10.1 Å². The second kappa shape index (κ2) is 8.98. The highest BCUT2D eigenvalue weighted by Gasteiger charge is 2.19. The van der Waals surface area contributed by atoms with Crippen LogP contribution in [0.1, 0.15) is 35.3 Å². The monoisotopic (exact) mass is 369 g/mol. The lowest BCUT2D eigenvalue weighted by atomic mass is 10.1. The Morgan fingerprint density at radius 1 is 1.04 bits per heavy atom. The quantitative estimate of drug-likeness (QED) is 0.597. The Balaban J connectivity index is 1.84. The number of amides is 1. The first-order valence-electron chi connectivity index (χ1n) is 8.57. The van der Waals surface area contributed by atoms with E-state index in [1.54, 1.807) is 24.3 Å². The molecule has 0 aliphatic heterocycles. The minimum absolute atomic E-state index is 0.0513. The highest BCUT2D eigenvalue weighted by Crippen LogP contribution is 2.17. The van der Waals surface area contributed by atoms with Gasteiger partial charge in [0.2, 0.25) is 0 Å². The smallest absolute Gasteiger partial charge is 0.344 e. The Kier molecular flexibility index (Phi) is 6.71. The maximum Gasteiger partial charge on any atom is 0.344 e. The molecule has 0 saturated carbocycles. The van der Waals surface area contributed by atoms with Gasteiger partial charge in [-0.1, -0.05) is 12.1 Å². The van der Waals surface area contributed by atoms with E-state index in [2.05, 4.69) is 5.32 Å². The van der Waals surface area contributed by atoms with Gasteiger partial charge in [-0.25, -0.2) is 4.79 Å². The van der Waals surface area contributed by atoms with Crippen molar-refractivity contribution in [1.82, 2.24) is 0 Å². The molecule has 0 spiro atoms. The molecule has 1 N–H and O–H groups in total. The Labute approximate surface area is 158 Å². The first-order chi connectivity index (χ1) is 12.8. The van der Waals surface area contributed by atoms with Crippen molar-refractivity contribution >= 4 is 23.3 Å². The standard InChI is InChI=1S/C21H23NO5/c1-13-5-6-14(2)19(11-13)22-21(25)16(4)27-20(24)12-26-18-9-7-17(8-10-18)15(3)23/h5-11,16H,12H2,1-4H3,(H,22,25)/t16-/m0/s1. The molecule has 1 amide bonds. The molecule has 142 valence electrons. The van der Waals surface area contributed by atoms with Gasteiger partial charge in [-0.05, 0) is 69.2 Å². The zero-order valence-electron chi connectivity index (χ0n) is 15.9. The number of benzene rings is 2. The van der Waals surface area contributed by atoms with E-state index in [0.717, 1.165) is 11.1 Å². The number of nitrogens with one attached hydrogen (secondary N) is 1.